The van der Waals surface area contributed by atoms with Gasteiger partial charge in [-0.05, 0) is 29.5 Å². The van der Waals surface area contributed by atoms with Crippen LogP contribution in [0.4, 0.5) is 0 Å². The second-order valence-electron chi connectivity index (χ2n) is 3.53. The van der Waals surface area contributed by atoms with Gasteiger partial charge in [-0.3, -0.25) is 0 Å². The highest BCUT2D eigenvalue weighted by Gasteiger charge is 2.14. The predicted molar refractivity (Wildman–Crippen MR) is 61.3 cm³/mol. The second kappa shape index (κ2) is 5.26. The highest BCUT2D eigenvalue weighted by atomic mass is 16.6. The number of hydrogen-bond donors (Lipinski definition) is 0. The Morgan fingerprint density at radius 3 is 2.94 bits per heavy atom. The molecule has 1 atom stereocenters. The van der Waals surface area contributed by atoms with E-state index in [0.29, 0.717) is 5.75 Å². The molecule has 0 amide bonds. The molecule has 94 valence electrons. The number of ether oxygens (including phenoxy) is 2. The van der Waals surface area contributed by atoms with Crippen molar-refractivity contribution in [2.75, 3.05) is 7.11 Å². The van der Waals surface area contributed by atoms with E-state index < -0.39 is 12.1 Å². The summed E-state index contributed by atoms with van der Waals surface area (Å²) in [6, 6.07) is 7.09. The van der Waals surface area contributed by atoms with Crippen molar-refractivity contribution in [3.63, 3.8) is 0 Å². The minimum atomic E-state index is -0.667. The van der Waals surface area contributed by atoms with Gasteiger partial charge in [-0.1, -0.05) is 6.07 Å². The average molecular weight is 248 g/mol. The zero-order valence-electron chi connectivity index (χ0n) is 9.98. The highest BCUT2D eigenvalue weighted by Crippen LogP contribution is 2.17. The number of methoxy groups -OCH3 is 1. The van der Waals surface area contributed by atoms with Gasteiger partial charge in [0.05, 0.1) is 12.8 Å². The number of esters is 1. The van der Waals surface area contributed by atoms with Gasteiger partial charge in [-0.2, -0.15) is 0 Å². The molecule has 1 aromatic heterocycles. The van der Waals surface area contributed by atoms with Gasteiger partial charge in [0.1, 0.15) is 12.1 Å². The Bertz CT molecular complexity index is 527. The summed E-state index contributed by atoms with van der Waals surface area (Å²) >= 11 is 0. The van der Waals surface area contributed by atoms with Crippen LogP contribution in [0.15, 0.2) is 30.6 Å². The summed E-state index contributed by atoms with van der Waals surface area (Å²) < 4.78 is 11.5. The lowest BCUT2D eigenvalue weighted by Crippen LogP contribution is -2.24. The fraction of sp³-hybridized carbons (Fsp3) is 0.273. The lowest BCUT2D eigenvalue weighted by atomic mass is 10.3. The fourth-order valence-corrected chi connectivity index (χ4v) is 1.40. The number of benzene rings is 1. The standard InChI is InChI=1S/C11H12N4O3/c1-8(11(16)17-2)18-10-5-3-4-9(6-10)15-7-12-13-14-15/h3-8H,1-2H3. The summed E-state index contributed by atoms with van der Waals surface area (Å²) in [4.78, 5) is 11.2. The molecule has 0 aliphatic carbocycles. The van der Waals surface area contributed by atoms with Gasteiger partial charge >= 0.3 is 5.97 Å². The first-order chi connectivity index (χ1) is 8.70. The highest BCUT2D eigenvalue weighted by molar-refractivity contribution is 5.74. The summed E-state index contributed by atoms with van der Waals surface area (Å²) in [5, 5.41) is 10.9. The predicted octanol–water partition coefficient (Wildman–Crippen LogP) is 0.603. The van der Waals surface area contributed by atoms with Crippen molar-refractivity contribution in [1.82, 2.24) is 20.2 Å². The van der Waals surface area contributed by atoms with Crippen LogP contribution < -0.4 is 4.74 Å². The molecule has 0 aliphatic heterocycles. The monoisotopic (exact) mass is 248 g/mol. The van der Waals surface area contributed by atoms with Gasteiger partial charge in [0.2, 0.25) is 0 Å². The number of nitrogens with zero attached hydrogens (tertiary/aromatic N) is 4. The van der Waals surface area contributed by atoms with E-state index in [2.05, 4.69) is 20.3 Å². The van der Waals surface area contributed by atoms with E-state index in [1.165, 1.54) is 18.1 Å². The zero-order valence-corrected chi connectivity index (χ0v) is 9.98. The van der Waals surface area contributed by atoms with Crippen molar-refractivity contribution < 1.29 is 14.3 Å². The Morgan fingerprint density at radius 1 is 1.44 bits per heavy atom. The van der Waals surface area contributed by atoms with E-state index in [9.17, 15) is 4.79 Å². The number of rotatable bonds is 4. The molecule has 0 saturated carbocycles. The van der Waals surface area contributed by atoms with Gasteiger partial charge in [0.15, 0.2) is 6.10 Å². The fourth-order valence-electron chi connectivity index (χ4n) is 1.40. The molecule has 0 fully saturated rings. The van der Waals surface area contributed by atoms with Gasteiger partial charge in [0, 0.05) is 6.07 Å². The third-order valence-corrected chi connectivity index (χ3v) is 2.28. The first-order valence-corrected chi connectivity index (χ1v) is 5.28. The van der Waals surface area contributed by atoms with Crippen LogP contribution >= 0.6 is 0 Å². The number of tetrazole rings is 1. The topological polar surface area (TPSA) is 79.1 Å². The Morgan fingerprint density at radius 2 is 2.28 bits per heavy atom. The molecule has 2 rings (SSSR count). The van der Waals surface area contributed by atoms with Crippen molar-refractivity contribution in [2.45, 2.75) is 13.0 Å². The van der Waals surface area contributed by atoms with Crippen molar-refractivity contribution >= 4 is 5.97 Å². The van der Waals surface area contributed by atoms with Gasteiger partial charge in [-0.25, -0.2) is 9.48 Å². The van der Waals surface area contributed by atoms with Gasteiger partial charge in [-0.15, -0.1) is 5.10 Å². The average Bonchev–Trinajstić information content (AvgIpc) is 2.92. The maximum atomic E-state index is 11.2. The van der Waals surface area contributed by atoms with Crippen LogP contribution in [0.25, 0.3) is 5.69 Å². The minimum absolute atomic E-state index is 0.428. The molecule has 0 N–H and O–H groups in total. The van der Waals surface area contributed by atoms with E-state index in [4.69, 9.17) is 4.74 Å². The van der Waals surface area contributed by atoms with Crippen molar-refractivity contribution in [1.29, 1.82) is 0 Å². The smallest absolute Gasteiger partial charge is 0.346 e. The largest absolute Gasteiger partial charge is 0.479 e. The summed E-state index contributed by atoms with van der Waals surface area (Å²) in [7, 11) is 1.32. The Kier molecular flexibility index (Phi) is 3.52. The summed E-state index contributed by atoms with van der Waals surface area (Å²) in [5.74, 6) is 0.115. The molecule has 7 heteroatoms. The minimum Gasteiger partial charge on any atom is -0.479 e. The lowest BCUT2D eigenvalue weighted by molar-refractivity contribution is -0.147. The maximum Gasteiger partial charge on any atom is 0.346 e. The van der Waals surface area contributed by atoms with Crippen molar-refractivity contribution in [3.8, 4) is 11.4 Å². The number of carbonyl (C=O) groups is 1. The first-order valence-electron chi connectivity index (χ1n) is 5.28. The van der Waals surface area contributed by atoms with Crippen LogP contribution in [0.1, 0.15) is 6.92 Å². The zero-order chi connectivity index (χ0) is 13.0. The third kappa shape index (κ3) is 2.62. The number of aromatic nitrogens is 4. The molecule has 0 aliphatic rings. The van der Waals surface area contributed by atoms with Crippen LogP contribution in [0.3, 0.4) is 0 Å². The summed E-state index contributed by atoms with van der Waals surface area (Å²) in [6.45, 7) is 1.62. The first kappa shape index (κ1) is 12.0. The van der Waals surface area contributed by atoms with E-state index in [-0.39, 0.29) is 0 Å². The van der Waals surface area contributed by atoms with E-state index in [0.717, 1.165) is 5.69 Å². The van der Waals surface area contributed by atoms with Gasteiger partial charge in [0.25, 0.3) is 0 Å². The second-order valence-corrected chi connectivity index (χ2v) is 3.53. The molecule has 0 bridgehead atoms. The molecule has 2 aromatic rings. The summed E-state index contributed by atoms with van der Waals surface area (Å²) in [5.41, 5.74) is 0.745. The molecule has 7 nitrogen and oxygen atoms in total. The molecule has 1 heterocycles. The SMILES string of the molecule is COC(=O)C(C)Oc1cccc(-n2cnnn2)c1. The van der Waals surface area contributed by atoms with E-state index in [1.807, 2.05) is 6.07 Å². The molecule has 0 spiro atoms. The lowest BCUT2D eigenvalue weighted by Gasteiger charge is -2.12. The molecular formula is C11H12N4O3. The maximum absolute atomic E-state index is 11.2. The molecule has 0 radical (unpaired) electrons. The molecular weight excluding hydrogens is 236 g/mol. The summed E-state index contributed by atoms with van der Waals surface area (Å²) in [6.07, 6.45) is 0.808. The third-order valence-electron chi connectivity index (χ3n) is 2.28. The molecule has 18 heavy (non-hydrogen) atoms. The normalized spacial score (nSPS) is 11.9. The van der Waals surface area contributed by atoms with Crippen LogP contribution in [0, 0.1) is 0 Å². The van der Waals surface area contributed by atoms with E-state index in [1.54, 1.807) is 25.1 Å². The molecule has 0 saturated heterocycles. The van der Waals surface area contributed by atoms with E-state index >= 15 is 0 Å². The number of carbonyl (C=O) groups excluding carboxylic acids is 1. The molecule has 1 aromatic carbocycles. The Hall–Kier alpha value is -2.44. The van der Waals surface area contributed by atoms with Crippen LogP contribution in [-0.2, 0) is 9.53 Å². The van der Waals surface area contributed by atoms with Gasteiger partial charge < -0.3 is 9.47 Å². The van der Waals surface area contributed by atoms with Crippen LogP contribution in [0.2, 0.25) is 0 Å². The Labute approximate surface area is 103 Å². The molecule has 1 unspecified atom stereocenters. The number of hydrogen-bond acceptors (Lipinski definition) is 6. The van der Waals surface area contributed by atoms with Crippen LogP contribution in [0.5, 0.6) is 5.75 Å². The van der Waals surface area contributed by atoms with Crippen LogP contribution in [-0.4, -0.2) is 39.4 Å². The Balaban J connectivity index is 2.15. The van der Waals surface area contributed by atoms with Crippen molar-refractivity contribution in [2.24, 2.45) is 0 Å². The quantitative estimate of drug-likeness (QED) is 0.737. The van der Waals surface area contributed by atoms with Crippen molar-refractivity contribution in [3.05, 3.63) is 30.6 Å².